The molecule has 3 N–H and O–H groups in total. The Kier molecular flexibility index (Phi) is 3.07. The third-order valence-electron chi connectivity index (χ3n) is 5.48. The fourth-order valence-electron chi connectivity index (χ4n) is 4.16. The molecule has 0 unspecified atom stereocenters. The number of phenolic OH excluding ortho intramolecular Hbond substituents is 1. The summed E-state index contributed by atoms with van der Waals surface area (Å²) in [6.07, 6.45) is 0.141. The molecule has 0 saturated heterocycles. The lowest BCUT2D eigenvalue weighted by Crippen LogP contribution is -2.54. The maximum atomic E-state index is 12.5. The summed E-state index contributed by atoms with van der Waals surface area (Å²) in [5, 5.41) is 30.7. The zero-order valence-corrected chi connectivity index (χ0v) is 13.3. The van der Waals surface area contributed by atoms with Crippen LogP contribution in [0.5, 0.6) is 5.75 Å². The number of benzene rings is 1. The van der Waals surface area contributed by atoms with Crippen LogP contribution in [0.25, 0.3) is 0 Å². The van der Waals surface area contributed by atoms with Gasteiger partial charge in [0.25, 0.3) is 0 Å². The molecule has 22 heavy (non-hydrogen) atoms. The number of fused-ring (bicyclic) bond motifs is 3. The van der Waals surface area contributed by atoms with E-state index >= 15 is 0 Å². The summed E-state index contributed by atoms with van der Waals surface area (Å²) in [7, 11) is 0. The maximum absolute atomic E-state index is 12.5. The van der Waals surface area contributed by atoms with Crippen molar-refractivity contribution in [3.05, 3.63) is 40.5 Å². The largest absolute Gasteiger partial charge is 0.508 e. The Morgan fingerprint density at radius 2 is 1.82 bits per heavy atom. The van der Waals surface area contributed by atoms with Crippen LogP contribution in [0.3, 0.4) is 0 Å². The van der Waals surface area contributed by atoms with E-state index in [9.17, 15) is 20.1 Å². The molecule has 0 aliphatic heterocycles. The third kappa shape index (κ3) is 1.80. The van der Waals surface area contributed by atoms with Crippen LogP contribution in [0.2, 0.25) is 0 Å². The van der Waals surface area contributed by atoms with E-state index in [0.29, 0.717) is 17.5 Å². The Bertz CT molecular complexity index is 701. The van der Waals surface area contributed by atoms with Gasteiger partial charge in [-0.05, 0) is 48.3 Å². The minimum absolute atomic E-state index is 0.109. The van der Waals surface area contributed by atoms with E-state index in [0.717, 1.165) is 11.1 Å². The Morgan fingerprint density at radius 1 is 1.18 bits per heavy atom. The van der Waals surface area contributed by atoms with Gasteiger partial charge in [0.2, 0.25) is 0 Å². The second-order valence-corrected chi connectivity index (χ2v) is 7.38. The summed E-state index contributed by atoms with van der Waals surface area (Å²) in [5.41, 5.74) is 1.50. The van der Waals surface area contributed by atoms with Gasteiger partial charge in [-0.1, -0.05) is 20.8 Å². The van der Waals surface area contributed by atoms with E-state index in [-0.39, 0.29) is 11.5 Å². The van der Waals surface area contributed by atoms with Crippen molar-refractivity contribution in [1.82, 2.24) is 0 Å². The highest BCUT2D eigenvalue weighted by atomic mass is 16.3. The number of hydrogen-bond donors (Lipinski definition) is 3. The number of aliphatic hydroxyl groups excluding tert-OH is 2. The average molecular weight is 302 g/mol. The number of carbonyl (C=O) groups is 1. The number of allylic oxidation sites excluding steroid dienone is 1. The van der Waals surface area contributed by atoms with Crippen molar-refractivity contribution < 1.29 is 20.1 Å². The highest BCUT2D eigenvalue weighted by molar-refractivity contribution is 6.08. The van der Waals surface area contributed by atoms with Crippen LogP contribution in [-0.4, -0.2) is 33.3 Å². The second-order valence-electron chi connectivity index (χ2n) is 7.38. The molecule has 1 fully saturated rings. The topological polar surface area (TPSA) is 77.8 Å². The molecule has 2 aliphatic carbocycles. The van der Waals surface area contributed by atoms with Gasteiger partial charge >= 0.3 is 0 Å². The van der Waals surface area contributed by atoms with Crippen molar-refractivity contribution in [2.45, 2.75) is 51.7 Å². The lowest BCUT2D eigenvalue weighted by molar-refractivity contribution is -0.0733. The molecule has 3 atom stereocenters. The summed E-state index contributed by atoms with van der Waals surface area (Å²) in [4.78, 5) is 12.5. The fourth-order valence-corrected chi connectivity index (χ4v) is 4.16. The van der Waals surface area contributed by atoms with Gasteiger partial charge < -0.3 is 15.3 Å². The van der Waals surface area contributed by atoms with Gasteiger partial charge in [0.1, 0.15) is 5.75 Å². The molecule has 0 amide bonds. The van der Waals surface area contributed by atoms with Crippen LogP contribution >= 0.6 is 0 Å². The summed E-state index contributed by atoms with van der Waals surface area (Å²) in [6, 6.07) is 3.34. The lowest BCUT2D eigenvalue weighted by atomic mass is 9.53. The molecule has 4 heteroatoms. The molecule has 1 aromatic carbocycles. The third-order valence-corrected chi connectivity index (χ3v) is 5.48. The van der Waals surface area contributed by atoms with Crippen molar-refractivity contribution in [3.8, 4) is 5.75 Å². The number of rotatable bonds is 0. The SMILES string of the molecule is Cc1cc2c(cc1O)[C@]1(C)C[C@@H](O)[C@@H](O)C(C)(C)C1=CC2=O. The minimum Gasteiger partial charge on any atom is -0.508 e. The highest BCUT2D eigenvalue weighted by Gasteiger charge is 2.54. The van der Waals surface area contributed by atoms with Gasteiger partial charge in [-0.2, -0.15) is 0 Å². The first kappa shape index (κ1) is 15.3. The highest BCUT2D eigenvalue weighted by Crippen LogP contribution is 2.55. The van der Waals surface area contributed by atoms with E-state index in [2.05, 4.69) is 0 Å². The number of aliphatic hydroxyl groups is 2. The standard InChI is InChI=1S/C18H22O4/c1-9-5-10-11(6-12(9)19)18(4)8-14(21)16(22)17(2,3)15(18)7-13(10)20/h5-7,14,16,19,21-22H,8H2,1-4H3/t14-,16-,18+/m1/s1. The molecule has 0 aromatic heterocycles. The van der Waals surface area contributed by atoms with Crippen LogP contribution in [0, 0.1) is 12.3 Å². The molecule has 3 rings (SSSR count). The Hall–Kier alpha value is -1.65. The molecule has 0 bridgehead atoms. The number of aromatic hydroxyl groups is 1. The van der Waals surface area contributed by atoms with Crippen molar-refractivity contribution in [2.75, 3.05) is 0 Å². The number of phenols is 1. The smallest absolute Gasteiger partial charge is 0.186 e. The first-order chi connectivity index (χ1) is 10.1. The molecular weight excluding hydrogens is 280 g/mol. The van der Waals surface area contributed by atoms with Gasteiger partial charge in [0.05, 0.1) is 12.2 Å². The minimum atomic E-state index is -0.916. The molecule has 1 saturated carbocycles. The number of aryl methyl sites for hydroxylation is 1. The van der Waals surface area contributed by atoms with E-state index in [4.69, 9.17) is 0 Å². The maximum Gasteiger partial charge on any atom is 0.186 e. The van der Waals surface area contributed by atoms with Gasteiger partial charge in [-0.25, -0.2) is 0 Å². The van der Waals surface area contributed by atoms with Crippen molar-refractivity contribution in [3.63, 3.8) is 0 Å². The summed E-state index contributed by atoms with van der Waals surface area (Å²) >= 11 is 0. The normalized spacial score (nSPS) is 33.0. The second kappa shape index (κ2) is 4.43. The predicted octanol–water partition coefficient (Wildman–Crippen LogP) is 2.23. The van der Waals surface area contributed by atoms with Crippen LogP contribution in [-0.2, 0) is 5.41 Å². The van der Waals surface area contributed by atoms with E-state index in [1.807, 2.05) is 20.8 Å². The summed E-state index contributed by atoms with van der Waals surface area (Å²) in [5.74, 6) is 0.0367. The average Bonchev–Trinajstić information content (AvgIpc) is 2.42. The first-order valence-corrected chi connectivity index (χ1v) is 7.56. The van der Waals surface area contributed by atoms with Crippen molar-refractivity contribution in [2.24, 2.45) is 5.41 Å². The Balaban J connectivity index is 2.29. The van der Waals surface area contributed by atoms with E-state index in [1.165, 1.54) is 0 Å². The summed E-state index contributed by atoms with van der Waals surface area (Å²) in [6.45, 7) is 7.41. The van der Waals surface area contributed by atoms with Crippen LogP contribution in [0.15, 0.2) is 23.8 Å². The fraction of sp³-hybridized carbons (Fsp3) is 0.500. The van der Waals surface area contributed by atoms with Crippen LogP contribution in [0.1, 0.15) is 48.7 Å². The molecular formula is C18H22O4. The van der Waals surface area contributed by atoms with E-state index in [1.54, 1.807) is 25.1 Å². The molecule has 0 radical (unpaired) electrons. The Morgan fingerprint density at radius 3 is 2.45 bits per heavy atom. The zero-order chi connectivity index (χ0) is 16.4. The predicted molar refractivity (Wildman–Crippen MR) is 83.0 cm³/mol. The number of hydrogen-bond acceptors (Lipinski definition) is 4. The quantitative estimate of drug-likeness (QED) is 0.687. The monoisotopic (exact) mass is 302 g/mol. The first-order valence-electron chi connectivity index (χ1n) is 7.56. The molecule has 0 spiro atoms. The van der Waals surface area contributed by atoms with Crippen molar-refractivity contribution >= 4 is 5.78 Å². The van der Waals surface area contributed by atoms with Crippen molar-refractivity contribution in [1.29, 1.82) is 0 Å². The molecule has 4 nitrogen and oxygen atoms in total. The molecule has 2 aliphatic rings. The van der Waals surface area contributed by atoms with Crippen LogP contribution in [0.4, 0.5) is 0 Å². The Labute approximate surface area is 130 Å². The summed E-state index contributed by atoms with van der Waals surface area (Å²) < 4.78 is 0. The lowest BCUT2D eigenvalue weighted by Gasteiger charge is -2.52. The number of carbonyl (C=O) groups excluding carboxylic acids is 1. The van der Waals surface area contributed by atoms with Gasteiger partial charge in [0, 0.05) is 16.4 Å². The number of ketones is 1. The van der Waals surface area contributed by atoms with Gasteiger partial charge in [-0.15, -0.1) is 0 Å². The molecule has 0 heterocycles. The van der Waals surface area contributed by atoms with E-state index < -0.39 is 23.0 Å². The van der Waals surface area contributed by atoms with Gasteiger partial charge in [-0.3, -0.25) is 4.79 Å². The molecule has 118 valence electrons. The van der Waals surface area contributed by atoms with Gasteiger partial charge in [0.15, 0.2) is 5.78 Å². The molecule has 1 aromatic rings. The van der Waals surface area contributed by atoms with Crippen LogP contribution < -0.4 is 0 Å². The zero-order valence-electron chi connectivity index (χ0n) is 13.3.